The van der Waals surface area contributed by atoms with Crippen LogP contribution in [0.2, 0.25) is 0 Å². The van der Waals surface area contributed by atoms with Gasteiger partial charge in [-0.15, -0.1) is 0 Å². The highest BCUT2D eigenvalue weighted by Crippen LogP contribution is 2.56. The molecule has 0 heterocycles. The minimum Gasteiger partial charge on any atom is -0.192 e. The maximum Gasteiger partial charge on any atom is 0.0998 e. The van der Waals surface area contributed by atoms with E-state index in [0.717, 1.165) is 85.2 Å². The molecule has 0 fully saturated rings. The molecule has 2 heteroatoms. The molecule has 0 saturated heterocycles. The second-order valence-corrected chi connectivity index (χ2v) is 12.9. The van der Waals surface area contributed by atoms with Crippen LogP contribution in [0, 0.1) is 22.7 Å². The van der Waals surface area contributed by atoms with Gasteiger partial charge in [-0.1, -0.05) is 164 Å². The number of hydrogen-bond donors (Lipinski definition) is 0. The summed E-state index contributed by atoms with van der Waals surface area (Å²) < 4.78 is 0. The number of benzene rings is 7. The van der Waals surface area contributed by atoms with Gasteiger partial charge in [0, 0.05) is 11.1 Å². The summed E-state index contributed by atoms with van der Waals surface area (Å²) in [5.74, 6) is 0. The number of allylic oxidation sites excluding steroid dienone is 4. The third-order valence-corrected chi connectivity index (χ3v) is 9.80. The lowest BCUT2D eigenvalue weighted by Crippen LogP contribution is -2.03. The molecule has 7 aromatic carbocycles. The van der Waals surface area contributed by atoms with Crippen LogP contribution in [0.25, 0.3) is 72.3 Å². The van der Waals surface area contributed by atoms with Crippen molar-refractivity contribution < 1.29 is 0 Å². The van der Waals surface area contributed by atoms with E-state index in [9.17, 15) is 10.5 Å². The molecule has 0 saturated carbocycles. The molecule has 0 atom stereocenters. The normalized spacial score (nSPS) is 12.1. The Hall–Kier alpha value is -7.00. The number of nitrogens with zero attached hydrogens (tertiary/aromatic N) is 2. The molecule has 1 aliphatic carbocycles. The minimum atomic E-state index is 0.596. The maximum absolute atomic E-state index is 10.7. The van der Waals surface area contributed by atoms with Gasteiger partial charge in [0.2, 0.25) is 0 Å². The van der Waals surface area contributed by atoms with Crippen molar-refractivity contribution in [2.75, 3.05) is 0 Å². The van der Waals surface area contributed by atoms with E-state index in [1.807, 2.05) is 54.6 Å². The first kappa shape index (κ1) is 32.2. The lowest BCUT2D eigenvalue weighted by atomic mass is 9.73. The van der Waals surface area contributed by atoms with Crippen LogP contribution in [0.5, 0.6) is 0 Å². The molecule has 0 aromatic heterocycles. The molecular weight excluding hydrogens is 629 g/mol. The average molecular weight is 663 g/mol. The summed E-state index contributed by atoms with van der Waals surface area (Å²) in [5, 5.41) is 21.3. The van der Waals surface area contributed by atoms with Crippen LogP contribution in [-0.4, -0.2) is 0 Å². The zero-order valence-electron chi connectivity index (χ0n) is 28.6. The maximum atomic E-state index is 10.7. The molecule has 0 spiro atoms. The molecule has 7 aromatic rings. The average Bonchev–Trinajstić information content (AvgIpc) is 3.24. The van der Waals surface area contributed by atoms with Crippen LogP contribution in [0.1, 0.15) is 29.5 Å². The van der Waals surface area contributed by atoms with Gasteiger partial charge >= 0.3 is 0 Å². The monoisotopic (exact) mass is 662 g/mol. The highest BCUT2D eigenvalue weighted by Gasteiger charge is 2.30. The Morgan fingerprint density at radius 1 is 0.365 bits per heavy atom. The molecule has 244 valence electrons. The Bertz CT molecular complexity index is 2560. The third kappa shape index (κ3) is 5.94. The second-order valence-electron chi connectivity index (χ2n) is 12.9. The fourth-order valence-electron chi connectivity index (χ4n) is 7.54. The second kappa shape index (κ2) is 14.5. The zero-order valence-corrected chi connectivity index (χ0v) is 28.6. The van der Waals surface area contributed by atoms with Crippen LogP contribution < -0.4 is 0 Å². The van der Waals surface area contributed by atoms with Crippen molar-refractivity contribution in [3.8, 4) is 78.9 Å². The Kier molecular flexibility index (Phi) is 8.96. The molecule has 0 N–H and O–H groups in total. The van der Waals surface area contributed by atoms with E-state index in [1.54, 1.807) is 0 Å². The van der Waals surface area contributed by atoms with E-state index in [-0.39, 0.29) is 0 Å². The van der Waals surface area contributed by atoms with E-state index in [2.05, 4.69) is 140 Å². The van der Waals surface area contributed by atoms with Gasteiger partial charge in [0.25, 0.3) is 0 Å². The Morgan fingerprint density at radius 2 is 0.769 bits per heavy atom. The van der Waals surface area contributed by atoms with Crippen LogP contribution in [0.15, 0.2) is 182 Å². The Balaban J connectivity index is 1.69. The van der Waals surface area contributed by atoms with Crippen LogP contribution in [0.3, 0.4) is 0 Å². The lowest BCUT2D eigenvalue weighted by Gasteiger charge is -2.29. The first-order chi connectivity index (χ1) is 25.8. The summed E-state index contributed by atoms with van der Waals surface area (Å²) >= 11 is 0. The van der Waals surface area contributed by atoms with Crippen LogP contribution in [-0.2, 0) is 0 Å². The predicted molar refractivity (Wildman–Crippen MR) is 215 cm³/mol. The standard InChI is InChI=1S/C50H34N2/c51-33-41-26-13-15-30-43(41)49-45(36-20-7-2-8-21-36)46(37-22-9-3-10-23-37)50(44-31-16-14-27-42(44)34-52)48(47(49)38-24-11-4-12-25-38)40-29-17-28-39(32-40)35-18-5-1-6-19-35/h2-5,7-32H,1,6H2. The summed E-state index contributed by atoms with van der Waals surface area (Å²) in [7, 11) is 0. The molecule has 0 unspecified atom stereocenters. The highest BCUT2D eigenvalue weighted by molar-refractivity contribution is 6.16. The van der Waals surface area contributed by atoms with Crippen LogP contribution in [0.4, 0.5) is 0 Å². The first-order valence-electron chi connectivity index (χ1n) is 17.6. The van der Waals surface area contributed by atoms with Crippen molar-refractivity contribution in [2.24, 2.45) is 0 Å². The van der Waals surface area contributed by atoms with Gasteiger partial charge in [-0.05, 0) is 97.8 Å². The van der Waals surface area contributed by atoms with Crippen molar-refractivity contribution >= 4 is 5.57 Å². The minimum absolute atomic E-state index is 0.596. The molecule has 1 aliphatic rings. The topological polar surface area (TPSA) is 47.6 Å². The van der Waals surface area contributed by atoms with Gasteiger partial charge < -0.3 is 0 Å². The third-order valence-electron chi connectivity index (χ3n) is 9.80. The van der Waals surface area contributed by atoms with E-state index in [1.165, 1.54) is 5.57 Å². The first-order valence-corrected chi connectivity index (χ1v) is 17.6. The molecule has 52 heavy (non-hydrogen) atoms. The van der Waals surface area contributed by atoms with E-state index in [0.29, 0.717) is 11.1 Å². The molecule has 0 aliphatic heterocycles. The molecule has 0 radical (unpaired) electrons. The quantitative estimate of drug-likeness (QED) is 0.170. The molecule has 0 bridgehead atoms. The Morgan fingerprint density at radius 3 is 1.21 bits per heavy atom. The van der Waals surface area contributed by atoms with E-state index < -0.39 is 0 Å². The summed E-state index contributed by atoms with van der Waals surface area (Å²) in [6.45, 7) is 0. The smallest absolute Gasteiger partial charge is 0.0998 e. The molecule has 8 rings (SSSR count). The summed E-state index contributed by atoms with van der Waals surface area (Å²) in [6, 6.07) is 61.2. The van der Waals surface area contributed by atoms with Crippen molar-refractivity contribution in [1.29, 1.82) is 10.5 Å². The fourth-order valence-corrected chi connectivity index (χ4v) is 7.54. The molecular formula is C50H34N2. The van der Waals surface area contributed by atoms with Gasteiger partial charge in [-0.2, -0.15) is 10.5 Å². The van der Waals surface area contributed by atoms with E-state index in [4.69, 9.17) is 0 Å². The Labute approximate surface area is 305 Å². The van der Waals surface area contributed by atoms with Crippen molar-refractivity contribution in [3.05, 3.63) is 199 Å². The predicted octanol–water partition coefficient (Wildman–Crippen LogP) is 13.2. The van der Waals surface area contributed by atoms with Crippen LogP contribution >= 0.6 is 0 Å². The van der Waals surface area contributed by atoms with Gasteiger partial charge in [0.15, 0.2) is 0 Å². The number of hydrogen-bond acceptors (Lipinski definition) is 2. The number of nitriles is 2. The van der Waals surface area contributed by atoms with Gasteiger partial charge in [-0.3, -0.25) is 0 Å². The van der Waals surface area contributed by atoms with Crippen molar-refractivity contribution in [2.45, 2.75) is 12.8 Å². The van der Waals surface area contributed by atoms with Gasteiger partial charge in [0.05, 0.1) is 23.3 Å². The van der Waals surface area contributed by atoms with E-state index >= 15 is 0 Å². The highest BCUT2D eigenvalue weighted by atomic mass is 14.3. The largest absolute Gasteiger partial charge is 0.192 e. The summed E-state index contributed by atoms with van der Waals surface area (Å²) in [5.41, 5.74) is 15.3. The van der Waals surface area contributed by atoms with Gasteiger partial charge in [0.1, 0.15) is 0 Å². The molecule has 2 nitrogen and oxygen atoms in total. The number of rotatable bonds is 7. The lowest BCUT2D eigenvalue weighted by molar-refractivity contribution is 1.04. The van der Waals surface area contributed by atoms with Gasteiger partial charge in [-0.25, -0.2) is 0 Å². The molecule has 0 amide bonds. The summed E-state index contributed by atoms with van der Waals surface area (Å²) in [4.78, 5) is 0. The van der Waals surface area contributed by atoms with Crippen molar-refractivity contribution in [3.63, 3.8) is 0 Å². The summed E-state index contributed by atoms with van der Waals surface area (Å²) in [6.07, 6.45) is 8.82. The van der Waals surface area contributed by atoms with Crippen molar-refractivity contribution in [1.82, 2.24) is 0 Å². The SMILES string of the molecule is N#Cc1ccccc1-c1c(-c2ccccc2)c(-c2ccccc2)c(-c2ccccc2C#N)c(-c2cccc(C3=CCCC=C3)c2)c1-c1ccccc1. The zero-order chi connectivity index (χ0) is 35.3. The fraction of sp³-hybridized carbons (Fsp3) is 0.0400.